The number of rotatable bonds is 12. The first-order valence-electron chi connectivity index (χ1n) is 15.4. The summed E-state index contributed by atoms with van der Waals surface area (Å²) in [7, 11) is -21.0. The third-order valence-corrected chi connectivity index (χ3v) is 10.1. The van der Waals surface area contributed by atoms with Crippen molar-refractivity contribution in [2.45, 2.75) is 33.4 Å². The molecule has 1 radical (unpaired) electrons. The van der Waals surface area contributed by atoms with Gasteiger partial charge in [-0.3, -0.25) is 19.1 Å². The number of hydrogen-bond acceptors (Lipinski definition) is 22. The van der Waals surface area contributed by atoms with Crippen LogP contribution in [0.3, 0.4) is 0 Å². The van der Waals surface area contributed by atoms with Crippen molar-refractivity contribution in [2.24, 2.45) is 30.4 Å². The van der Waals surface area contributed by atoms with E-state index in [2.05, 4.69) is 30.4 Å². The summed E-state index contributed by atoms with van der Waals surface area (Å²) in [5, 5.41) is 85.0. The van der Waals surface area contributed by atoms with Crippen molar-refractivity contribution in [3.63, 3.8) is 0 Å². The zero-order valence-electron chi connectivity index (χ0n) is 35.2. The molecule has 0 atom stereocenters. The molecule has 0 spiro atoms. The van der Waals surface area contributed by atoms with Crippen LogP contribution in [0.15, 0.2) is 158 Å². The molecule has 0 heterocycles. The van der Waals surface area contributed by atoms with Crippen LogP contribution in [0.1, 0.15) is 13.8 Å². The normalized spacial score (nSPS) is 12.8. The van der Waals surface area contributed by atoms with Crippen molar-refractivity contribution in [2.75, 3.05) is 0 Å². The Bertz CT molecular complexity index is 2760. The predicted octanol–water partition coefficient (Wildman–Crippen LogP) is -15.6. The maximum Gasteiger partial charge on any atom is 3.00 e. The zero-order chi connectivity index (χ0) is 45.4. The monoisotopic (exact) mass is 1090 g/mol. The van der Waals surface area contributed by atoms with E-state index in [1.54, 1.807) is 36.4 Å². The van der Waals surface area contributed by atoms with Crippen LogP contribution >= 0.6 is 0 Å². The minimum absolute atomic E-state index is 0. The summed E-state index contributed by atoms with van der Waals surface area (Å²) in [6, 6.07) is 16.5. The van der Waals surface area contributed by atoms with Gasteiger partial charge in [0.05, 0.1) is 48.8 Å². The van der Waals surface area contributed by atoms with Gasteiger partial charge in [-0.25, -0.2) is 16.8 Å². The molecule has 0 aromatic heterocycles. The number of benzene rings is 4. The number of hydrogen-bond donors (Lipinski definition) is 2. The van der Waals surface area contributed by atoms with Crippen molar-refractivity contribution in [3.05, 3.63) is 108 Å². The van der Waals surface area contributed by atoms with E-state index in [4.69, 9.17) is 9.11 Å². The standard InChI is InChI=1S/2C16H15N3O9S2.Cr.K.4Na/c2*1-9(20)14(16(22)17-10-5-3-2-4-6-10)19-18-12-7-11(29(23,24)25)8-13(15(12)21)30(26,27)28;;;;;;/h2*2-8,20-21H,1H3,(H,17,22)(H,23,24,25)(H,26,27,28);;;;;;/q;;+3;5*+1/p-8. The Balaban J connectivity index is -0.000000534. The average Bonchev–Trinajstić information content (AvgIpc) is 3.12. The third-order valence-electron chi connectivity index (χ3n) is 6.71. The maximum absolute atomic E-state index is 12.2. The van der Waals surface area contributed by atoms with Gasteiger partial charge in [0.15, 0.2) is 0 Å². The number of nitrogens with zero attached hydrogens (tertiary/aromatic N) is 6. The van der Waals surface area contributed by atoms with E-state index in [-0.39, 0.29) is 210 Å². The fourth-order valence-electron chi connectivity index (χ4n) is 4.03. The first-order chi connectivity index (χ1) is 27.6. The van der Waals surface area contributed by atoms with Gasteiger partial charge in [0.2, 0.25) is 0 Å². The Labute approximate surface area is 519 Å². The Morgan fingerprint density at radius 3 is 1.15 bits per heavy atom. The Hall–Kier alpha value is -0.491. The molecule has 4 rings (SSSR count). The van der Waals surface area contributed by atoms with Crippen molar-refractivity contribution < 1.29 is 269 Å². The van der Waals surface area contributed by atoms with Gasteiger partial charge in [-0.2, -0.15) is 37.3 Å². The molecule has 0 bridgehead atoms. The molecule has 4 aromatic carbocycles. The topological polar surface area (TPSA) is 436 Å². The average molecular weight is 1090 g/mol. The minimum atomic E-state index is -5.48. The second-order valence-corrected chi connectivity index (χ2v) is 16.7. The van der Waals surface area contributed by atoms with Crippen LogP contribution in [0.2, 0.25) is 0 Å². The van der Waals surface area contributed by atoms with Crippen molar-refractivity contribution in [1.82, 2.24) is 0 Å². The molecule has 2 N–H and O–H groups in total. The van der Waals surface area contributed by atoms with Crippen LogP contribution in [0.4, 0.5) is 22.7 Å². The number of azo groups is 2. The van der Waals surface area contributed by atoms with Gasteiger partial charge in [-0.1, -0.05) is 61.7 Å². The van der Waals surface area contributed by atoms with Crippen LogP contribution in [0, 0.1) is 0 Å². The Kier molecular flexibility index (Phi) is 33.9. The van der Waals surface area contributed by atoms with Gasteiger partial charge in [-0.05, 0) is 48.5 Å². The molecule has 0 aliphatic rings. The molecule has 66 heavy (non-hydrogen) atoms. The zero-order valence-corrected chi connectivity index (χ0v) is 50.9. The fourth-order valence-corrected chi connectivity index (χ4v) is 6.44. The molecule has 24 nitrogen and oxygen atoms in total. The maximum atomic E-state index is 12.2. The van der Waals surface area contributed by atoms with Gasteiger partial charge < -0.3 is 39.7 Å². The molecule has 323 valence electrons. The molecule has 0 saturated heterocycles. The molecule has 0 aliphatic heterocycles. The summed E-state index contributed by atoms with van der Waals surface area (Å²) in [4.78, 5) is 1.94. The van der Waals surface area contributed by atoms with Gasteiger partial charge in [-0.15, -0.1) is 11.5 Å². The molecular weight excluding hydrogens is 1070 g/mol. The Morgan fingerprint density at radius 2 is 0.848 bits per heavy atom. The molecule has 4 aromatic rings. The second-order valence-electron chi connectivity index (χ2n) is 11.1. The van der Waals surface area contributed by atoms with Crippen molar-refractivity contribution >= 4 is 75.0 Å². The van der Waals surface area contributed by atoms with Gasteiger partial charge in [0, 0.05) is 16.7 Å². The quantitative estimate of drug-likeness (QED) is 0.0332. The van der Waals surface area contributed by atoms with E-state index < -0.39 is 118 Å². The first kappa shape index (κ1) is 72.1. The molecule has 0 unspecified atom stereocenters. The molecule has 0 fully saturated rings. The fraction of sp³-hybridized carbons (Fsp3) is 0.0625. The van der Waals surface area contributed by atoms with E-state index in [0.717, 1.165) is 13.8 Å². The molecule has 0 saturated carbocycles. The number of aliphatic imine (C=N–C) groups is 2. The number of para-hydroxylation sites is 2. The van der Waals surface area contributed by atoms with E-state index >= 15 is 0 Å². The minimum Gasteiger partial charge on any atom is -0.874 e. The first-order valence-corrected chi connectivity index (χ1v) is 21.1. The summed E-state index contributed by atoms with van der Waals surface area (Å²) >= 11 is 0. The summed E-state index contributed by atoms with van der Waals surface area (Å²) in [5.41, 5.74) is -3.41. The molecule has 0 aliphatic carbocycles. The van der Waals surface area contributed by atoms with Gasteiger partial charge >= 0.3 is 187 Å². The van der Waals surface area contributed by atoms with Gasteiger partial charge in [0.25, 0.3) is 20.2 Å². The predicted molar refractivity (Wildman–Crippen MR) is 189 cm³/mol. The van der Waals surface area contributed by atoms with Crippen molar-refractivity contribution in [3.8, 4) is 11.5 Å². The summed E-state index contributed by atoms with van der Waals surface area (Å²) in [6.07, 6.45) is 0. The Morgan fingerprint density at radius 1 is 0.515 bits per heavy atom. The van der Waals surface area contributed by atoms with E-state index in [1.165, 1.54) is 24.3 Å². The second kappa shape index (κ2) is 31.1. The van der Waals surface area contributed by atoms with E-state index in [0.29, 0.717) is 12.1 Å². The van der Waals surface area contributed by atoms with Crippen molar-refractivity contribution in [1.29, 1.82) is 0 Å². The summed E-state index contributed by atoms with van der Waals surface area (Å²) in [6.45, 7) is 1.88. The van der Waals surface area contributed by atoms with Crippen LogP contribution in [0.5, 0.6) is 11.5 Å². The SMILES string of the molecule is CC([O-])=C(N=Nc1cc(S(=O)(=O)O)cc(S(=O)(=O)O)c1[O-])C([O-])=Nc1ccccc1.CC([O-])=C(N=Nc1cc(S(=O)(=O)[O-])cc(S(=O)(=O)[O-])c1[O-])C([O-])=Nc1ccccc1.[Cr+3].[K+].[Na+].[Na+].[Na+].[Na+]. The van der Waals surface area contributed by atoms with Gasteiger partial charge in [0.1, 0.15) is 20.2 Å². The molecule has 0 amide bonds. The summed E-state index contributed by atoms with van der Waals surface area (Å²) < 4.78 is 131. The number of allylic oxidation sites excluding steroid dienone is 2. The summed E-state index contributed by atoms with van der Waals surface area (Å²) in [5.74, 6) is -7.18. The van der Waals surface area contributed by atoms with Crippen LogP contribution in [0.25, 0.3) is 0 Å². The smallest absolute Gasteiger partial charge is 0.874 e. The largest absolute Gasteiger partial charge is 3.00 e. The van der Waals surface area contributed by atoms with Crippen LogP contribution in [-0.4, -0.2) is 63.7 Å². The van der Waals surface area contributed by atoms with E-state index in [9.17, 15) is 73.4 Å². The van der Waals surface area contributed by atoms with Crippen LogP contribution in [-0.2, 0) is 57.8 Å². The molecular formula is C32H22CrKN6Na4O18S4. The van der Waals surface area contributed by atoms with Crippen LogP contribution < -0.4 is 200 Å². The third kappa shape index (κ3) is 22.3. The molecule has 34 heteroatoms. The van der Waals surface area contributed by atoms with E-state index in [1.807, 2.05) is 0 Å².